The van der Waals surface area contributed by atoms with Crippen molar-refractivity contribution < 1.29 is 9.53 Å². The maximum atomic E-state index is 11.6. The predicted octanol–water partition coefficient (Wildman–Crippen LogP) is 0.763. The molecule has 1 unspecified atom stereocenters. The van der Waals surface area contributed by atoms with Gasteiger partial charge in [0.05, 0.1) is 13.7 Å². The van der Waals surface area contributed by atoms with E-state index < -0.39 is 0 Å². The van der Waals surface area contributed by atoms with Crippen LogP contribution in [0.4, 0.5) is 0 Å². The smallest absolute Gasteiger partial charge is 0.234 e. The number of rotatable bonds is 7. The minimum atomic E-state index is 0.0111. The molecule has 106 valence electrons. The van der Waals surface area contributed by atoms with Crippen LogP contribution in [-0.4, -0.2) is 44.6 Å². The molecule has 0 fully saturated rings. The van der Waals surface area contributed by atoms with Crippen molar-refractivity contribution >= 4 is 5.91 Å². The summed E-state index contributed by atoms with van der Waals surface area (Å²) in [6, 6.07) is 7.78. The first kappa shape index (κ1) is 15.5. The zero-order chi connectivity index (χ0) is 14.3. The van der Waals surface area contributed by atoms with Gasteiger partial charge in [-0.05, 0) is 31.7 Å². The van der Waals surface area contributed by atoms with Crippen LogP contribution in [0.2, 0.25) is 0 Å². The van der Waals surface area contributed by atoms with Gasteiger partial charge in [-0.3, -0.25) is 9.69 Å². The van der Waals surface area contributed by atoms with Crippen molar-refractivity contribution in [2.75, 3.05) is 33.8 Å². The van der Waals surface area contributed by atoms with Crippen LogP contribution in [0.25, 0.3) is 0 Å². The van der Waals surface area contributed by atoms with Crippen molar-refractivity contribution in [3.05, 3.63) is 29.8 Å². The summed E-state index contributed by atoms with van der Waals surface area (Å²) in [5.74, 6) is 0.822. The molecule has 1 rings (SSSR count). The van der Waals surface area contributed by atoms with Crippen molar-refractivity contribution in [3.63, 3.8) is 0 Å². The average Bonchev–Trinajstić information content (AvgIpc) is 2.40. The van der Waals surface area contributed by atoms with Gasteiger partial charge in [-0.25, -0.2) is 0 Å². The molecule has 0 aliphatic heterocycles. The molecule has 0 saturated carbocycles. The summed E-state index contributed by atoms with van der Waals surface area (Å²) in [6.45, 7) is 3.34. The quantitative estimate of drug-likeness (QED) is 0.764. The number of amides is 1. The summed E-state index contributed by atoms with van der Waals surface area (Å²) in [4.78, 5) is 13.5. The van der Waals surface area contributed by atoms with Gasteiger partial charge in [0.2, 0.25) is 5.91 Å². The number of hydrogen-bond acceptors (Lipinski definition) is 4. The molecular formula is C14H23N3O2. The minimum Gasteiger partial charge on any atom is -0.497 e. The van der Waals surface area contributed by atoms with E-state index in [0.29, 0.717) is 19.6 Å². The number of ether oxygens (including phenoxy) is 1. The Labute approximate surface area is 114 Å². The summed E-state index contributed by atoms with van der Waals surface area (Å²) < 4.78 is 5.13. The molecule has 0 radical (unpaired) electrons. The molecule has 1 atom stereocenters. The molecule has 0 bridgehead atoms. The standard InChI is InChI=1S/C14H23N3O2/c1-4-16-14(18)10-17(2)13(9-15)11-5-7-12(19-3)8-6-11/h5-8,13H,4,9-10,15H2,1-3H3,(H,16,18). The highest BCUT2D eigenvalue weighted by Crippen LogP contribution is 2.20. The molecule has 3 N–H and O–H groups in total. The Morgan fingerprint density at radius 2 is 2.05 bits per heavy atom. The van der Waals surface area contributed by atoms with Crippen LogP contribution in [0.3, 0.4) is 0 Å². The third-order valence-corrected chi connectivity index (χ3v) is 3.02. The van der Waals surface area contributed by atoms with Crippen LogP contribution in [-0.2, 0) is 4.79 Å². The van der Waals surface area contributed by atoms with Gasteiger partial charge < -0.3 is 15.8 Å². The van der Waals surface area contributed by atoms with Crippen LogP contribution >= 0.6 is 0 Å². The summed E-state index contributed by atoms with van der Waals surface area (Å²) >= 11 is 0. The van der Waals surface area contributed by atoms with Gasteiger partial charge in [-0.2, -0.15) is 0 Å². The van der Waals surface area contributed by atoms with E-state index in [0.717, 1.165) is 11.3 Å². The summed E-state index contributed by atoms with van der Waals surface area (Å²) in [6.07, 6.45) is 0. The lowest BCUT2D eigenvalue weighted by Crippen LogP contribution is -2.39. The van der Waals surface area contributed by atoms with Gasteiger partial charge in [0.1, 0.15) is 5.75 Å². The van der Waals surface area contributed by atoms with Crippen LogP contribution in [0.5, 0.6) is 5.75 Å². The number of methoxy groups -OCH3 is 1. The number of likely N-dealkylation sites (N-methyl/N-ethyl adjacent to an activating group) is 2. The lowest BCUT2D eigenvalue weighted by atomic mass is 10.1. The van der Waals surface area contributed by atoms with Gasteiger partial charge in [-0.15, -0.1) is 0 Å². The van der Waals surface area contributed by atoms with Gasteiger partial charge in [0.15, 0.2) is 0 Å². The van der Waals surface area contributed by atoms with E-state index in [1.807, 2.05) is 43.1 Å². The second-order valence-electron chi connectivity index (χ2n) is 4.39. The molecule has 0 heterocycles. The molecule has 5 nitrogen and oxygen atoms in total. The second-order valence-corrected chi connectivity index (χ2v) is 4.39. The Bertz CT molecular complexity index is 392. The monoisotopic (exact) mass is 265 g/mol. The fourth-order valence-corrected chi connectivity index (χ4v) is 1.99. The van der Waals surface area contributed by atoms with Crippen molar-refractivity contribution in [3.8, 4) is 5.75 Å². The highest BCUT2D eigenvalue weighted by molar-refractivity contribution is 5.77. The predicted molar refractivity (Wildman–Crippen MR) is 76.1 cm³/mol. The highest BCUT2D eigenvalue weighted by Gasteiger charge is 2.17. The molecule has 19 heavy (non-hydrogen) atoms. The Balaban J connectivity index is 2.72. The third-order valence-electron chi connectivity index (χ3n) is 3.02. The lowest BCUT2D eigenvalue weighted by molar-refractivity contribution is -0.122. The molecule has 5 heteroatoms. The van der Waals surface area contributed by atoms with Gasteiger partial charge >= 0.3 is 0 Å². The molecule has 0 aliphatic rings. The molecule has 1 aromatic rings. The minimum absolute atomic E-state index is 0.0111. The van der Waals surface area contributed by atoms with E-state index in [4.69, 9.17) is 10.5 Å². The first-order chi connectivity index (χ1) is 9.12. The van der Waals surface area contributed by atoms with Crippen molar-refractivity contribution in [2.24, 2.45) is 5.73 Å². The van der Waals surface area contributed by atoms with Crippen LogP contribution in [0.1, 0.15) is 18.5 Å². The SMILES string of the molecule is CCNC(=O)CN(C)C(CN)c1ccc(OC)cc1. The highest BCUT2D eigenvalue weighted by atomic mass is 16.5. The molecule has 1 amide bonds. The van der Waals surface area contributed by atoms with Crippen LogP contribution < -0.4 is 15.8 Å². The first-order valence-electron chi connectivity index (χ1n) is 6.43. The number of benzene rings is 1. The molecule has 0 aliphatic carbocycles. The Morgan fingerprint density at radius 3 is 2.53 bits per heavy atom. The molecule has 0 aromatic heterocycles. The zero-order valence-corrected chi connectivity index (χ0v) is 11.8. The summed E-state index contributed by atoms with van der Waals surface area (Å²) in [5.41, 5.74) is 6.90. The Kier molecular flexibility index (Phi) is 6.32. The zero-order valence-electron chi connectivity index (χ0n) is 11.8. The Morgan fingerprint density at radius 1 is 1.42 bits per heavy atom. The largest absolute Gasteiger partial charge is 0.497 e. The van der Waals surface area contributed by atoms with E-state index >= 15 is 0 Å². The molecular weight excluding hydrogens is 242 g/mol. The van der Waals surface area contributed by atoms with Crippen molar-refractivity contribution in [2.45, 2.75) is 13.0 Å². The number of carbonyl (C=O) groups is 1. The van der Waals surface area contributed by atoms with Crippen molar-refractivity contribution in [1.29, 1.82) is 0 Å². The summed E-state index contributed by atoms with van der Waals surface area (Å²) in [7, 11) is 3.54. The average molecular weight is 265 g/mol. The van der Waals surface area contributed by atoms with Gasteiger partial charge in [0, 0.05) is 19.1 Å². The molecule has 0 saturated heterocycles. The first-order valence-corrected chi connectivity index (χ1v) is 6.43. The van der Waals surface area contributed by atoms with Crippen LogP contribution in [0, 0.1) is 0 Å². The second kappa shape index (κ2) is 7.76. The fraction of sp³-hybridized carbons (Fsp3) is 0.500. The number of carbonyl (C=O) groups excluding carboxylic acids is 1. The number of nitrogens with zero attached hydrogens (tertiary/aromatic N) is 1. The van der Waals surface area contributed by atoms with Crippen LogP contribution in [0.15, 0.2) is 24.3 Å². The maximum absolute atomic E-state index is 11.6. The van der Waals surface area contributed by atoms with E-state index in [1.165, 1.54) is 0 Å². The van der Waals surface area contributed by atoms with E-state index in [1.54, 1.807) is 7.11 Å². The van der Waals surface area contributed by atoms with Gasteiger partial charge in [0.25, 0.3) is 0 Å². The number of nitrogens with two attached hydrogens (primary N) is 1. The van der Waals surface area contributed by atoms with Crippen molar-refractivity contribution in [1.82, 2.24) is 10.2 Å². The molecule has 1 aromatic carbocycles. The van der Waals surface area contributed by atoms with E-state index in [9.17, 15) is 4.79 Å². The van der Waals surface area contributed by atoms with E-state index in [2.05, 4.69) is 5.32 Å². The normalized spacial score (nSPS) is 12.3. The number of nitrogens with one attached hydrogen (secondary N) is 1. The fourth-order valence-electron chi connectivity index (χ4n) is 1.99. The third kappa shape index (κ3) is 4.54. The maximum Gasteiger partial charge on any atom is 0.234 e. The lowest BCUT2D eigenvalue weighted by Gasteiger charge is -2.26. The summed E-state index contributed by atoms with van der Waals surface area (Å²) in [5, 5.41) is 2.78. The molecule has 0 spiro atoms. The number of hydrogen-bond donors (Lipinski definition) is 2. The Hall–Kier alpha value is -1.59. The van der Waals surface area contributed by atoms with Gasteiger partial charge in [-0.1, -0.05) is 12.1 Å². The topological polar surface area (TPSA) is 67.6 Å². The van der Waals surface area contributed by atoms with E-state index in [-0.39, 0.29) is 11.9 Å².